The minimum Gasteiger partial charge on any atom is -0.390 e. The average molecular weight is 269 g/mol. The van der Waals surface area contributed by atoms with Crippen molar-refractivity contribution in [3.8, 4) is 0 Å². The molecule has 0 spiro atoms. The first kappa shape index (κ1) is 14.4. The van der Waals surface area contributed by atoms with Gasteiger partial charge in [0.1, 0.15) is 11.6 Å². The van der Waals surface area contributed by atoms with Crippen LogP contribution < -0.4 is 5.32 Å². The fourth-order valence-electron chi connectivity index (χ4n) is 2.79. The Kier molecular flexibility index (Phi) is 4.53. The van der Waals surface area contributed by atoms with Crippen molar-refractivity contribution in [3.05, 3.63) is 35.4 Å². The normalized spacial score (nSPS) is 23.1. The highest BCUT2D eigenvalue weighted by molar-refractivity contribution is 5.20. The highest BCUT2D eigenvalue weighted by atomic mass is 19.1. The van der Waals surface area contributed by atoms with Crippen LogP contribution in [0.15, 0.2) is 18.2 Å². The van der Waals surface area contributed by atoms with E-state index in [1.165, 1.54) is 0 Å². The van der Waals surface area contributed by atoms with Crippen LogP contribution in [-0.4, -0.2) is 23.3 Å². The number of benzene rings is 1. The van der Waals surface area contributed by atoms with Gasteiger partial charge in [0.15, 0.2) is 0 Å². The highest BCUT2D eigenvalue weighted by Gasteiger charge is 2.27. The molecule has 1 heterocycles. The maximum Gasteiger partial charge on any atom is 0.126 e. The number of rotatable bonds is 4. The van der Waals surface area contributed by atoms with Crippen LogP contribution in [0.3, 0.4) is 0 Å². The summed E-state index contributed by atoms with van der Waals surface area (Å²) in [6, 6.07) is 3.63. The Labute approximate surface area is 112 Å². The molecule has 1 aliphatic heterocycles. The Hall–Kier alpha value is -1.00. The van der Waals surface area contributed by atoms with Gasteiger partial charge in [-0.05, 0) is 56.5 Å². The Balaban J connectivity index is 2.00. The molecular formula is C15H21F2NO. The topological polar surface area (TPSA) is 32.3 Å². The SMILES string of the molecule is CC(O)(Cc1cc(F)ccc1F)CC1CCCCN1. The number of nitrogens with one attached hydrogen (secondary N) is 1. The summed E-state index contributed by atoms with van der Waals surface area (Å²) < 4.78 is 26.7. The predicted molar refractivity (Wildman–Crippen MR) is 70.9 cm³/mol. The summed E-state index contributed by atoms with van der Waals surface area (Å²) in [5.41, 5.74) is -0.787. The Morgan fingerprint density at radius 2 is 2.16 bits per heavy atom. The summed E-state index contributed by atoms with van der Waals surface area (Å²) in [6.07, 6.45) is 4.04. The first-order valence-electron chi connectivity index (χ1n) is 6.86. The first-order valence-corrected chi connectivity index (χ1v) is 6.86. The van der Waals surface area contributed by atoms with Crippen LogP contribution in [0, 0.1) is 11.6 Å². The molecule has 1 aromatic carbocycles. The second-order valence-corrected chi connectivity index (χ2v) is 5.76. The molecule has 106 valence electrons. The molecule has 2 N–H and O–H groups in total. The Bertz CT molecular complexity index is 428. The lowest BCUT2D eigenvalue weighted by molar-refractivity contribution is 0.0363. The molecule has 0 aromatic heterocycles. The van der Waals surface area contributed by atoms with Crippen LogP contribution >= 0.6 is 0 Å². The smallest absolute Gasteiger partial charge is 0.126 e. The molecule has 2 unspecified atom stereocenters. The van der Waals surface area contributed by atoms with Crippen LogP contribution in [0.1, 0.15) is 38.2 Å². The molecule has 1 aromatic rings. The van der Waals surface area contributed by atoms with Gasteiger partial charge < -0.3 is 10.4 Å². The molecule has 2 atom stereocenters. The van der Waals surface area contributed by atoms with Gasteiger partial charge in [-0.25, -0.2) is 8.78 Å². The third kappa shape index (κ3) is 4.25. The molecule has 2 nitrogen and oxygen atoms in total. The van der Waals surface area contributed by atoms with Crippen molar-refractivity contribution in [3.63, 3.8) is 0 Å². The van der Waals surface area contributed by atoms with E-state index in [0.717, 1.165) is 44.0 Å². The molecule has 0 bridgehead atoms. The zero-order valence-corrected chi connectivity index (χ0v) is 11.3. The van der Waals surface area contributed by atoms with Crippen molar-refractivity contribution < 1.29 is 13.9 Å². The monoisotopic (exact) mass is 269 g/mol. The maximum atomic E-state index is 13.6. The fourth-order valence-corrected chi connectivity index (χ4v) is 2.79. The number of hydrogen-bond acceptors (Lipinski definition) is 2. The molecule has 4 heteroatoms. The summed E-state index contributed by atoms with van der Waals surface area (Å²) >= 11 is 0. The quantitative estimate of drug-likeness (QED) is 0.881. The molecule has 2 rings (SSSR count). The van der Waals surface area contributed by atoms with Crippen molar-refractivity contribution in [1.82, 2.24) is 5.32 Å². The standard InChI is InChI=1S/C15H21F2NO/c1-15(19,10-13-4-2-3-7-18-13)9-11-8-12(16)5-6-14(11)17/h5-6,8,13,18-19H,2-4,7,9-10H2,1H3. The van der Waals surface area contributed by atoms with E-state index < -0.39 is 17.2 Å². The predicted octanol–water partition coefficient (Wildman–Crippen LogP) is 2.79. The van der Waals surface area contributed by atoms with Gasteiger partial charge in [-0.3, -0.25) is 0 Å². The minimum atomic E-state index is -1.02. The largest absolute Gasteiger partial charge is 0.390 e. The van der Waals surface area contributed by atoms with Crippen molar-refractivity contribution in [1.29, 1.82) is 0 Å². The van der Waals surface area contributed by atoms with E-state index in [1.54, 1.807) is 6.92 Å². The van der Waals surface area contributed by atoms with Gasteiger partial charge in [0.25, 0.3) is 0 Å². The second kappa shape index (κ2) is 5.97. The van der Waals surface area contributed by atoms with Gasteiger partial charge in [-0.1, -0.05) is 6.42 Å². The van der Waals surface area contributed by atoms with Gasteiger partial charge in [-0.2, -0.15) is 0 Å². The molecular weight excluding hydrogens is 248 g/mol. The molecule has 19 heavy (non-hydrogen) atoms. The lowest BCUT2D eigenvalue weighted by Gasteiger charge is -2.31. The van der Waals surface area contributed by atoms with E-state index in [9.17, 15) is 13.9 Å². The van der Waals surface area contributed by atoms with E-state index in [4.69, 9.17) is 0 Å². The summed E-state index contributed by atoms with van der Waals surface area (Å²) in [5.74, 6) is -0.929. The van der Waals surface area contributed by atoms with Gasteiger partial charge in [-0.15, -0.1) is 0 Å². The Morgan fingerprint density at radius 1 is 1.37 bits per heavy atom. The van der Waals surface area contributed by atoms with Crippen LogP contribution in [0.25, 0.3) is 0 Å². The third-order valence-electron chi connectivity index (χ3n) is 3.68. The minimum absolute atomic E-state index is 0.134. The number of halogens is 2. The fraction of sp³-hybridized carbons (Fsp3) is 0.600. The molecule has 0 saturated carbocycles. The average Bonchev–Trinajstić information content (AvgIpc) is 2.34. The van der Waals surface area contributed by atoms with Gasteiger partial charge in [0.05, 0.1) is 5.60 Å². The Morgan fingerprint density at radius 3 is 2.84 bits per heavy atom. The van der Waals surface area contributed by atoms with Crippen LogP contribution in [0.2, 0.25) is 0 Å². The maximum absolute atomic E-state index is 13.6. The lowest BCUT2D eigenvalue weighted by atomic mass is 9.87. The second-order valence-electron chi connectivity index (χ2n) is 5.76. The lowest BCUT2D eigenvalue weighted by Crippen LogP contribution is -2.42. The third-order valence-corrected chi connectivity index (χ3v) is 3.68. The van der Waals surface area contributed by atoms with Gasteiger partial charge in [0, 0.05) is 12.5 Å². The highest BCUT2D eigenvalue weighted by Crippen LogP contribution is 2.24. The van der Waals surface area contributed by atoms with E-state index >= 15 is 0 Å². The van der Waals surface area contributed by atoms with E-state index in [-0.39, 0.29) is 18.0 Å². The number of piperidine rings is 1. The van der Waals surface area contributed by atoms with Crippen LogP contribution in [-0.2, 0) is 6.42 Å². The number of hydrogen-bond donors (Lipinski definition) is 2. The summed E-state index contributed by atoms with van der Waals surface area (Å²) in [5, 5.41) is 13.8. The molecule has 0 amide bonds. The van der Waals surface area contributed by atoms with Gasteiger partial charge in [0.2, 0.25) is 0 Å². The zero-order chi connectivity index (χ0) is 13.9. The van der Waals surface area contributed by atoms with Crippen LogP contribution in [0.5, 0.6) is 0 Å². The molecule has 0 aliphatic carbocycles. The number of aliphatic hydroxyl groups is 1. The van der Waals surface area contributed by atoms with E-state index in [1.807, 2.05) is 0 Å². The molecule has 1 saturated heterocycles. The van der Waals surface area contributed by atoms with Crippen molar-refractivity contribution in [2.45, 2.75) is 50.7 Å². The first-order chi connectivity index (χ1) is 8.96. The molecule has 0 radical (unpaired) electrons. The van der Waals surface area contributed by atoms with Crippen molar-refractivity contribution >= 4 is 0 Å². The summed E-state index contributed by atoms with van der Waals surface area (Å²) in [6.45, 7) is 2.66. The molecule has 1 fully saturated rings. The molecule has 1 aliphatic rings. The van der Waals surface area contributed by atoms with Gasteiger partial charge >= 0.3 is 0 Å². The van der Waals surface area contributed by atoms with E-state index in [0.29, 0.717) is 6.42 Å². The van der Waals surface area contributed by atoms with Crippen molar-refractivity contribution in [2.24, 2.45) is 0 Å². The zero-order valence-electron chi connectivity index (χ0n) is 11.3. The summed E-state index contributed by atoms with van der Waals surface area (Å²) in [7, 11) is 0. The summed E-state index contributed by atoms with van der Waals surface area (Å²) in [4.78, 5) is 0. The van der Waals surface area contributed by atoms with E-state index in [2.05, 4.69) is 5.32 Å². The van der Waals surface area contributed by atoms with Crippen molar-refractivity contribution in [2.75, 3.05) is 6.54 Å². The van der Waals surface area contributed by atoms with Crippen LogP contribution in [0.4, 0.5) is 8.78 Å².